The van der Waals surface area contributed by atoms with E-state index in [0.29, 0.717) is 10.8 Å². The normalized spacial score (nSPS) is 18.6. The molecular formula is C21H21BrN4O3S. The summed E-state index contributed by atoms with van der Waals surface area (Å²) in [5.74, 6) is 1.18. The Labute approximate surface area is 187 Å². The van der Waals surface area contributed by atoms with Gasteiger partial charge in [-0.15, -0.1) is 11.3 Å². The van der Waals surface area contributed by atoms with Gasteiger partial charge in [0.05, 0.1) is 25.1 Å². The Bertz CT molecular complexity index is 1010. The van der Waals surface area contributed by atoms with Crippen LogP contribution in [0.1, 0.15) is 35.4 Å². The predicted octanol–water partition coefficient (Wildman–Crippen LogP) is 4.49. The number of hydrogen-bond donors (Lipinski definition) is 1. The van der Waals surface area contributed by atoms with Crippen molar-refractivity contribution in [2.24, 2.45) is 0 Å². The standard InChI is InChI=1S/C21H21BrN4O3S/c1-28-17-7-2-13(22)10-16(17)21-25-11-18(30-21)20(27)26-14-3-5-15(6-4-14)29-19-12-23-8-9-24-19/h2,7-12,14-15H,3-6H2,1H3,(H,26,27). The Hall–Kier alpha value is -2.52. The second-order valence-electron chi connectivity index (χ2n) is 6.98. The predicted molar refractivity (Wildman–Crippen MR) is 118 cm³/mol. The van der Waals surface area contributed by atoms with E-state index in [1.54, 1.807) is 31.9 Å². The number of amides is 1. The summed E-state index contributed by atoms with van der Waals surface area (Å²) in [5.41, 5.74) is 0.859. The van der Waals surface area contributed by atoms with Gasteiger partial charge in [0.2, 0.25) is 5.88 Å². The Morgan fingerprint density at radius 3 is 2.73 bits per heavy atom. The van der Waals surface area contributed by atoms with Gasteiger partial charge in [-0.1, -0.05) is 15.9 Å². The molecule has 4 rings (SSSR count). The zero-order valence-corrected chi connectivity index (χ0v) is 18.8. The van der Waals surface area contributed by atoms with Crippen LogP contribution in [0.2, 0.25) is 0 Å². The molecule has 3 aromatic rings. The van der Waals surface area contributed by atoms with E-state index in [1.165, 1.54) is 11.3 Å². The van der Waals surface area contributed by atoms with Gasteiger partial charge in [0.1, 0.15) is 21.7 Å². The van der Waals surface area contributed by atoms with Crippen molar-refractivity contribution in [1.82, 2.24) is 20.3 Å². The van der Waals surface area contributed by atoms with Crippen LogP contribution >= 0.6 is 27.3 Å². The molecule has 0 unspecified atom stereocenters. The van der Waals surface area contributed by atoms with Crippen LogP contribution in [0, 0.1) is 0 Å². The molecule has 1 aliphatic carbocycles. The quantitative estimate of drug-likeness (QED) is 0.549. The third kappa shape index (κ3) is 4.96. The van der Waals surface area contributed by atoms with Crippen LogP contribution in [0.5, 0.6) is 11.6 Å². The van der Waals surface area contributed by atoms with E-state index in [1.807, 2.05) is 18.2 Å². The van der Waals surface area contributed by atoms with E-state index >= 15 is 0 Å². The van der Waals surface area contributed by atoms with Crippen molar-refractivity contribution < 1.29 is 14.3 Å². The molecule has 0 spiro atoms. The maximum Gasteiger partial charge on any atom is 0.263 e. The highest BCUT2D eigenvalue weighted by molar-refractivity contribution is 9.10. The molecule has 1 fully saturated rings. The third-order valence-corrected chi connectivity index (χ3v) is 6.48. The lowest BCUT2D eigenvalue weighted by atomic mass is 9.93. The molecule has 2 heterocycles. The van der Waals surface area contributed by atoms with Crippen molar-refractivity contribution in [3.8, 4) is 22.2 Å². The number of methoxy groups -OCH3 is 1. The second kappa shape index (κ2) is 9.53. The SMILES string of the molecule is COc1ccc(Br)cc1-c1ncc(C(=O)NC2CCC(Oc3cnccn3)CC2)s1. The van der Waals surface area contributed by atoms with Crippen molar-refractivity contribution in [3.05, 3.63) is 52.3 Å². The number of benzene rings is 1. The minimum atomic E-state index is -0.0917. The molecule has 1 aliphatic rings. The van der Waals surface area contributed by atoms with Gasteiger partial charge in [-0.25, -0.2) is 9.97 Å². The number of nitrogens with one attached hydrogen (secondary N) is 1. The maximum absolute atomic E-state index is 12.7. The zero-order chi connectivity index (χ0) is 20.9. The largest absolute Gasteiger partial charge is 0.496 e. The summed E-state index contributed by atoms with van der Waals surface area (Å²) in [6.07, 6.45) is 10.0. The summed E-state index contributed by atoms with van der Waals surface area (Å²) in [5, 5.41) is 3.88. The summed E-state index contributed by atoms with van der Waals surface area (Å²) in [4.78, 5) is 25.9. The molecule has 0 atom stereocenters. The molecular weight excluding hydrogens is 468 g/mol. The maximum atomic E-state index is 12.7. The molecule has 1 saturated carbocycles. The lowest BCUT2D eigenvalue weighted by Crippen LogP contribution is -2.39. The first-order valence-electron chi connectivity index (χ1n) is 9.65. The summed E-state index contributed by atoms with van der Waals surface area (Å²) >= 11 is 4.83. The molecule has 0 bridgehead atoms. The molecule has 0 saturated heterocycles. The van der Waals surface area contributed by atoms with Gasteiger partial charge in [-0.3, -0.25) is 9.78 Å². The smallest absolute Gasteiger partial charge is 0.263 e. The van der Waals surface area contributed by atoms with Gasteiger partial charge < -0.3 is 14.8 Å². The first kappa shape index (κ1) is 20.7. The summed E-state index contributed by atoms with van der Waals surface area (Å²) in [6.45, 7) is 0. The van der Waals surface area contributed by atoms with Crippen molar-refractivity contribution >= 4 is 33.2 Å². The molecule has 1 amide bonds. The van der Waals surface area contributed by atoms with E-state index in [4.69, 9.17) is 9.47 Å². The van der Waals surface area contributed by atoms with Gasteiger partial charge in [0, 0.05) is 22.9 Å². The Kier molecular flexibility index (Phi) is 6.59. The minimum Gasteiger partial charge on any atom is -0.496 e. The van der Waals surface area contributed by atoms with Crippen LogP contribution in [0.25, 0.3) is 10.6 Å². The van der Waals surface area contributed by atoms with Crippen LogP contribution in [-0.2, 0) is 0 Å². The lowest BCUT2D eigenvalue weighted by molar-refractivity contribution is 0.0893. The topological polar surface area (TPSA) is 86.2 Å². The van der Waals surface area contributed by atoms with Crippen LogP contribution in [-0.4, -0.2) is 40.1 Å². The zero-order valence-electron chi connectivity index (χ0n) is 16.4. The number of nitrogens with zero attached hydrogens (tertiary/aromatic N) is 3. The highest BCUT2D eigenvalue weighted by Crippen LogP contribution is 2.35. The Balaban J connectivity index is 1.34. The van der Waals surface area contributed by atoms with E-state index in [9.17, 15) is 4.79 Å². The van der Waals surface area contributed by atoms with E-state index in [2.05, 4.69) is 36.2 Å². The molecule has 0 aliphatic heterocycles. The third-order valence-electron chi connectivity index (χ3n) is 4.96. The molecule has 7 nitrogen and oxygen atoms in total. The first-order chi connectivity index (χ1) is 14.6. The molecule has 1 N–H and O–H groups in total. The highest BCUT2D eigenvalue weighted by Gasteiger charge is 2.25. The van der Waals surface area contributed by atoms with E-state index in [-0.39, 0.29) is 18.1 Å². The number of carbonyl (C=O) groups is 1. The fourth-order valence-corrected chi connectivity index (χ4v) is 4.65. The first-order valence-corrected chi connectivity index (χ1v) is 11.3. The number of carbonyl (C=O) groups excluding carboxylic acids is 1. The molecule has 30 heavy (non-hydrogen) atoms. The fourth-order valence-electron chi connectivity index (χ4n) is 3.45. The molecule has 156 valence electrons. The van der Waals surface area contributed by atoms with Crippen molar-refractivity contribution in [1.29, 1.82) is 0 Å². The molecule has 0 radical (unpaired) electrons. The number of thiazole rings is 1. The van der Waals surface area contributed by atoms with Crippen LogP contribution in [0.3, 0.4) is 0 Å². The minimum absolute atomic E-state index is 0.0917. The second-order valence-corrected chi connectivity index (χ2v) is 8.93. The number of hydrogen-bond acceptors (Lipinski definition) is 7. The van der Waals surface area contributed by atoms with Crippen LogP contribution in [0.15, 0.2) is 47.5 Å². The average Bonchev–Trinajstić information content (AvgIpc) is 3.26. The van der Waals surface area contributed by atoms with E-state index < -0.39 is 0 Å². The van der Waals surface area contributed by atoms with E-state index in [0.717, 1.165) is 46.5 Å². The number of ether oxygens (including phenoxy) is 2. The van der Waals surface area contributed by atoms with Crippen LogP contribution in [0.4, 0.5) is 0 Å². The number of rotatable bonds is 6. The van der Waals surface area contributed by atoms with Gasteiger partial charge in [-0.2, -0.15) is 0 Å². The average molecular weight is 489 g/mol. The Morgan fingerprint density at radius 1 is 1.17 bits per heavy atom. The van der Waals surface area contributed by atoms with Gasteiger partial charge in [0.25, 0.3) is 5.91 Å². The summed E-state index contributed by atoms with van der Waals surface area (Å²) in [6, 6.07) is 5.86. The number of aromatic nitrogens is 3. The highest BCUT2D eigenvalue weighted by atomic mass is 79.9. The molecule has 9 heteroatoms. The molecule has 2 aromatic heterocycles. The van der Waals surface area contributed by atoms with Gasteiger partial charge in [0.15, 0.2) is 0 Å². The summed E-state index contributed by atoms with van der Waals surface area (Å²) < 4.78 is 12.2. The monoisotopic (exact) mass is 488 g/mol. The molecule has 1 aromatic carbocycles. The van der Waals surface area contributed by atoms with Crippen molar-refractivity contribution in [3.63, 3.8) is 0 Å². The Morgan fingerprint density at radius 2 is 2.00 bits per heavy atom. The van der Waals surface area contributed by atoms with Gasteiger partial charge >= 0.3 is 0 Å². The van der Waals surface area contributed by atoms with Gasteiger partial charge in [-0.05, 0) is 43.9 Å². The van der Waals surface area contributed by atoms with Crippen molar-refractivity contribution in [2.45, 2.75) is 37.8 Å². The fraction of sp³-hybridized carbons (Fsp3) is 0.333. The lowest BCUT2D eigenvalue weighted by Gasteiger charge is -2.28. The number of halogens is 1. The van der Waals surface area contributed by atoms with Crippen molar-refractivity contribution in [2.75, 3.05) is 7.11 Å². The summed E-state index contributed by atoms with van der Waals surface area (Å²) in [7, 11) is 1.62. The van der Waals surface area contributed by atoms with Crippen LogP contribution < -0.4 is 14.8 Å².